The highest BCUT2D eigenvalue weighted by Gasteiger charge is 2.40. The third kappa shape index (κ3) is 3.89. The number of carbonyl (C=O) groups excluding carboxylic acids is 1. The summed E-state index contributed by atoms with van der Waals surface area (Å²) in [6.07, 6.45) is 4.10. The fourth-order valence-corrected chi connectivity index (χ4v) is 4.71. The standard InChI is InChI=1S/C20H22BrClN6O2/c1-20(18(30)23-2)4-3-13(8-20)25-19-24-9-15-16(21)27-28(17(15)26-19)14-6-11(10-29)5-12(22)7-14/h5-7,9,13,29H,3-4,8,10H2,1-2H3,(H,23,30)(H,24,25,26)/t13-,20-/m1/s1. The van der Waals surface area contributed by atoms with Crippen molar-refractivity contribution in [3.63, 3.8) is 0 Å². The quantitative estimate of drug-likeness (QED) is 0.503. The lowest BCUT2D eigenvalue weighted by Gasteiger charge is -2.22. The molecular formula is C20H22BrClN6O2. The van der Waals surface area contributed by atoms with Crippen LogP contribution in [-0.4, -0.2) is 43.9 Å². The number of carbonyl (C=O) groups is 1. The maximum absolute atomic E-state index is 12.2. The molecule has 1 aromatic carbocycles. The summed E-state index contributed by atoms with van der Waals surface area (Å²) in [5.41, 5.74) is 1.60. The van der Waals surface area contributed by atoms with Crippen LogP contribution in [0.2, 0.25) is 5.02 Å². The first-order valence-corrected chi connectivity index (χ1v) is 10.8. The lowest BCUT2D eigenvalue weighted by molar-refractivity contribution is -0.129. The predicted molar refractivity (Wildman–Crippen MR) is 119 cm³/mol. The van der Waals surface area contributed by atoms with Gasteiger partial charge in [0.05, 0.1) is 17.7 Å². The van der Waals surface area contributed by atoms with Crippen LogP contribution in [0.3, 0.4) is 0 Å². The number of amides is 1. The molecule has 0 radical (unpaired) electrons. The zero-order valence-electron chi connectivity index (χ0n) is 16.6. The first-order chi connectivity index (χ1) is 14.3. The van der Waals surface area contributed by atoms with Gasteiger partial charge >= 0.3 is 0 Å². The Labute approximate surface area is 187 Å². The highest BCUT2D eigenvalue weighted by atomic mass is 79.9. The monoisotopic (exact) mass is 492 g/mol. The molecule has 0 bridgehead atoms. The van der Waals surface area contributed by atoms with Crippen molar-refractivity contribution >= 4 is 50.4 Å². The van der Waals surface area contributed by atoms with Crippen molar-refractivity contribution in [1.82, 2.24) is 25.1 Å². The van der Waals surface area contributed by atoms with Crippen molar-refractivity contribution in [2.45, 2.75) is 38.8 Å². The van der Waals surface area contributed by atoms with Crippen LogP contribution in [0.5, 0.6) is 0 Å². The third-order valence-electron chi connectivity index (χ3n) is 5.60. The van der Waals surface area contributed by atoms with Crippen LogP contribution in [0.15, 0.2) is 29.0 Å². The summed E-state index contributed by atoms with van der Waals surface area (Å²) < 4.78 is 2.28. The average Bonchev–Trinajstić information content (AvgIpc) is 3.27. The molecule has 0 aliphatic heterocycles. The number of halogens is 2. The summed E-state index contributed by atoms with van der Waals surface area (Å²) in [6, 6.07) is 5.39. The van der Waals surface area contributed by atoms with Crippen LogP contribution in [-0.2, 0) is 11.4 Å². The molecule has 0 spiro atoms. The van der Waals surface area contributed by atoms with Crippen LogP contribution < -0.4 is 10.6 Å². The molecule has 10 heteroatoms. The first kappa shape index (κ1) is 21.0. The van der Waals surface area contributed by atoms with E-state index in [0.717, 1.165) is 18.2 Å². The molecule has 1 amide bonds. The topological polar surface area (TPSA) is 105 Å². The van der Waals surface area contributed by atoms with Crippen molar-refractivity contribution in [2.75, 3.05) is 12.4 Å². The van der Waals surface area contributed by atoms with Crippen molar-refractivity contribution < 1.29 is 9.90 Å². The van der Waals surface area contributed by atoms with Crippen LogP contribution in [0.25, 0.3) is 16.7 Å². The number of aromatic nitrogens is 4. The number of fused-ring (bicyclic) bond motifs is 1. The zero-order chi connectivity index (χ0) is 21.5. The summed E-state index contributed by atoms with van der Waals surface area (Å²) in [7, 11) is 1.67. The number of nitrogens with one attached hydrogen (secondary N) is 2. The Balaban J connectivity index is 1.66. The Morgan fingerprint density at radius 2 is 2.23 bits per heavy atom. The van der Waals surface area contributed by atoms with Gasteiger partial charge in [0.25, 0.3) is 0 Å². The second kappa shape index (κ2) is 8.13. The van der Waals surface area contributed by atoms with Crippen LogP contribution in [0, 0.1) is 5.41 Å². The second-order valence-electron chi connectivity index (χ2n) is 7.83. The lowest BCUT2D eigenvalue weighted by atomic mass is 9.87. The van der Waals surface area contributed by atoms with Crippen molar-refractivity contribution in [3.8, 4) is 5.69 Å². The van der Waals surface area contributed by atoms with E-state index in [9.17, 15) is 9.90 Å². The van der Waals surface area contributed by atoms with Gasteiger partial charge in [0.2, 0.25) is 11.9 Å². The molecule has 0 unspecified atom stereocenters. The van der Waals surface area contributed by atoms with E-state index in [1.807, 2.05) is 13.0 Å². The van der Waals surface area contributed by atoms with Gasteiger partial charge in [-0.05, 0) is 59.0 Å². The van der Waals surface area contributed by atoms with Crippen LogP contribution in [0.1, 0.15) is 31.7 Å². The van der Waals surface area contributed by atoms with E-state index in [1.54, 1.807) is 30.1 Å². The Hall–Kier alpha value is -2.23. The van der Waals surface area contributed by atoms with E-state index in [4.69, 9.17) is 11.6 Å². The van der Waals surface area contributed by atoms with Gasteiger partial charge in [-0.3, -0.25) is 4.79 Å². The van der Waals surface area contributed by atoms with Gasteiger partial charge in [0, 0.05) is 29.7 Å². The van der Waals surface area contributed by atoms with Gasteiger partial charge < -0.3 is 15.7 Å². The molecule has 0 saturated heterocycles. The fourth-order valence-electron chi connectivity index (χ4n) is 4.02. The summed E-state index contributed by atoms with van der Waals surface area (Å²) in [4.78, 5) is 21.3. The van der Waals surface area contributed by atoms with E-state index in [-0.39, 0.29) is 24.0 Å². The number of aliphatic hydroxyl groups excluding tert-OH is 1. The number of rotatable bonds is 5. The van der Waals surface area contributed by atoms with E-state index in [2.05, 4.69) is 41.6 Å². The molecule has 2 heterocycles. The SMILES string of the molecule is CNC(=O)[C@]1(C)CC[C@@H](Nc2ncc3c(Br)nn(-c4cc(Cl)cc(CO)c4)c3n2)C1. The van der Waals surface area contributed by atoms with Crippen molar-refractivity contribution in [2.24, 2.45) is 5.41 Å². The maximum atomic E-state index is 12.2. The van der Waals surface area contributed by atoms with Gasteiger partial charge in [-0.25, -0.2) is 9.67 Å². The lowest BCUT2D eigenvalue weighted by Crippen LogP contribution is -2.35. The molecule has 30 heavy (non-hydrogen) atoms. The minimum Gasteiger partial charge on any atom is -0.392 e. The van der Waals surface area contributed by atoms with Gasteiger partial charge in [-0.2, -0.15) is 10.1 Å². The molecule has 1 aliphatic rings. The molecule has 3 N–H and O–H groups in total. The molecule has 3 aromatic rings. The summed E-state index contributed by atoms with van der Waals surface area (Å²) in [5.74, 6) is 0.539. The fraction of sp³-hybridized carbons (Fsp3) is 0.400. The van der Waals surface area contributed by atoms with Gasteiger partial charge in [0.1, 0.15) is 4.60 Å². The molecule has 2 aromatic heterocycles. The molecule has 1 fully saturated rings. The summed E-state index contributed by atoms with van der Waals surface area (Å²) in [5, 5.41) is 21.4. The van der Waals surface area contributed by atoms with E-state index >= 15 is 0 Å². The second-order valence-corrected chi connectivity index (χ2v) is 9.02. The van der Waals surface area contributed by atoms with Crippen molar-refractivity contribution in [1.29, 1.82) is 0 Å². The highest BCUT2D eigenvalue weighted by molar-refractivity contribution is 9.10. The molecule has 8 nitrogen and oxygen atoms in total. The van der Waals surface area contributed by atoms with Crippen molar-refractivity contribution in [3.05, 3.63) is 39.6 Å². The van der Waals surface area contributed by atoms with Gasteiger partial charge in [0.15, 0.2) is 5.65 Å². The largest absolute Gasteiger partial charge is 0.392 e. The Morgan fingerprint density at radius 3 is 2.97 bits per heavy atom. The Bertz CT molecular complexity index is 1120. The van der Waals surface area contributed by atoms with Crippen LogP contribution >= 0.6 is 27.5 Å². The normalized spacial score (nSPS) is 21.2. The highest BCUT2D eigenvalue weighted by Crippen LogP contribution is 2.39. The van der Waals surface area contributed by atoms with E-state index in [0.29, 0.717) is 38.9 Å². The molecular weight excluding hydrogens is 472 g/mol. The van der Waals surface area contributed by atoms with E-state index < -0.39 is 0 Å². The van der Waals surface area contributed by atoms with Crippen LogP contribution in [0.4, 0.5) is 5.95 Å². The molecule has 158 valence electrons. The number of hydrogen-bond donors (Lipinski definition) is 3. The summed E-state index contributed by atoms with van der Waals surface area (Å²) in [6.45, 7) is 1.86. The average molecular weight is 494 g/mol. The molecule has 4 rings (SSSR count). The Morgan fingerprint density at radius 1 is 1.43 bits per heavy atom. The molecule has 1 saturated carbocycles. The smallest absolute Gasteiger partial charge is 0.225 e. The molecule has 2 atom stereocenters. The first-order valence-electron chi connectivity index (χ1n) is 9.63. The number of aliphatic hydroxyl groups is 1. The van der Waals surface area contributed by atoms with Gasteiger partial charge in [-0.15, -0.1) is 0 Å². The molecule has 1 aliphatic carbocycles. The van der Waals surface area contributed by atoms with E-state index in [1.165, 1.54) is 0 Å². The Kier molecular flexibility index (Phi) is 5.69. The summed E-state index contributed by atoms with van der Waals surface area (Å²) >= 11 is 9.67. The minimum atomic E-state index is -0.386. The number of hydrogen-bond acceptors (Lipinski definition) is 6. The number of anilines is 1. The third-order valence-corrected chi connectivity index (χ3v) is 6.40. The zero-order valence-corrected chi connectivity index (χ0v) is 19.0. The number of nitrogens with zero attached hydrogens (tertiary/aromatic N) is 4. The maximum Gasteiger partial charge on any atom is 0.225 e. The minimum absolute atomic E-state index is 0.0609. The van der Waals surface area contributed by atoms with Gasteiger partial charge in [-0.1, -0.05) is 18.5 Å². The predicted octanol–water partition coefficient (Wildman–Crippen LogP) is 3.44. The number of benzene rings is 1.